The van der Waals surface area contributed by atoms with Crippen LogP contribution in [0.1, 0.15) is 37.8 Å². The molecule has 0 saturated carbocycles. The predicted molar refractivity (Wildman–Crippen MR) is 86.5 cm³/mol. The van der Waals surface area contributed by atoms with Gasteiger partial charge in [-0.2, -0.15) is 0 Å². The van der Waals surface area contributed by atoms with Gasteiger partial charge in [-0.05, 0) is 30.5 Å². The first-order valence-electron chi connectivity index (χ1n) is 8.20. The molecule has 3 rings (SSSR count). The van der Waals surface area contributed by atoms with E-state index >= 15 is 0 Å². The van der Waals surface area contributed by atoms with Crippen molar-refractivity contribution in [2.45, 2.75) is 38.3 Å². The van der Waals surface area contributed by atoms with Crippen LogP contribution >= 0.6 is 0 Å². The van der Waals surface area contributed by atoms with Crippen molar-refractivity contribution in [3.8, 4) is 5.75 Å². The SMILES string of the molecule is CCC(=O)C1=C(O)C(=O)N(CC2CCCO2)C1c1cccc(O)c1. The highest BCUT2D eigenvalue weighted by Crippen LogP contribution is 2.39. The molecule has 1 saturated heterocycles. The van der Waals surface area contributed by atoms with Crippen molar-refractivity contribution in [1.82, 2.24) is 4.90 Å². The summed E-state index contributed by atoms with van der Waals surface area (Å²) >= 11 is 0. The molecule has 2 aliphatic heterocycles. The van der Waals surface area contributed by atoms with Crippen molar-refractivity contribution in [2.24, 2.45) is 0 Å². The van der Waals surface area contributed by atoms with Crippen LogP contribution in [-0.4, -0.2) is 46.1 Å². The van der Waals surface area contributed by atoms with Crippen molar-refractivity contribution in [3.05, 3.63) is 41.2 Å². The van der Waals surface area contributed by atoms with Crippen molar-refractivity contribution < 1.29 is 24.5 Å². The molecule has 2 heterocycles. The standard InChI is InChI=1S/C18H21NO5/c1-2-14(21)15-16(11-5-3-6-12(20)9-11)19(18(23)17(15)22)10-13-7-4-8-24-13/h3,5-6,9,13,16,20,22H,2,4,7-8,10H2,1H3. The number of phenolic OH excluding ortho intramolecular Hbond substituents is 1. The Morgan fingerprint density at radius 2 is 2.17 bits per heavy atom. The smallest absolute Gasteiger partial charge is 0.290 e. The number of phenols is 1. The Balaban J connectivity index is 2.01. The van der Waals surface area contributed by atoms with E-state index in [1.165, 1.54) is 17.0 Å². The van der Waals surface area contributed by atoms with Gasteiger partial charge in [-0.3, -0.25) is 9.59 Å². The number of ketones is 1. The largest absolute Gasteiger partial charge is 0.508 e. The highest BCUT2D eigenvalue weighted by molar-refractivity contribution is 6.08. The molecule has 0 aromatic heterocycles. The van der Waals surface area contributed by atoms with Crippen LogP contribution in [-0.2, 0) is 14.3 Å². The molecular formula is C18H21NO5. The lowest BCUT2D eigenvalue weighted by atomic mass is 9.94. The maximum absolute atomic E-state index is 12.5. The Morgan fingerprint density at radius 1 is 1.38 bits per heavy atom. The number of nitrogens with zero attached hydrogens (tertiary/aromatic N) is 1. The molecule has 2 aliphatic rings. The molecule has 0 radical (unpaired) electrons. The summed E-state index contributed by atoms with van der Waals surface area (Å²) in [5, 5.41) is 20.0. The summed E-state index contributed by atoms with van der Waals surface area (Å²) in [6, 6.07) is 5.74. The zero-order valence-corrected chi connectivity index (χ0v) is 13.6. The van der Waals surface area contributed by atoms with E-state index in [-0.39, 0.29) is 29.6 Å². The number of aliphatic hydroxyl groups excluding tert-OH is 1. The topological polar surface area (TPSA) is 87.1 Å². The number of ether oxygens (including phenoxy) is 1. The fourth-order valence-corrected chi connectivity index (χ4v) is 3.37. The number of hydrogen-bond donors (Lipinski definition) is 2. The van der Waals surface area contributed by atoms with Gasteiger partial charge in [-0.15, -0.1) is 0 Å². The van der Waals surface area contributed by atoms with Gasteiger partial charge in [0.15, 0.2) is 11.5 Å². The van der Waals surface area contributed by atoms with E-state index in [0.29, 0.717) is 18.7 Å². The second-order valence-electron chi connectivity index (χ2n) is 6.13. The van der Waals surface area contributed by atoms with Crippen LogP contribution in [0.2, 0.25) is 0 Å². The highest BCUT2D eigenvalue weighted by Gasteiger charge is 2.44. The lowest BCUT2D eigenvalue weighted by Crippen LogP contribution is -2.37. The normalized spacial score (nSPS) is 24.0. The Labute approximate surface area is 140 Å². The van der Waals surface area contributed by atoms with E-state index in [9.17, 15) is 19.8 Å². The van der Waals surface area contributed by atoms with Crippen LogP contribution in [0.25, 0.3) is 0 Å². The van der Waals surface area contributed by atoms with Crippen LogP contribution in [0, 0.1) is 0 Å². The van der Waals surface area contributed by atoms with Gasteiger partial charge in [0, 0.05) is 19.6 Å². The zero-order chi connectivity index (χ0) is 17.3. The number of benzene rings is 1. The van der Waals surface area contributed by atoms with E-state index in [4.69, 9.17) is 4.74 Å². The summed E-state index contributed by atoms with van der Waals surface area (Å²) in [6.07, 6.45) is 1.87. The molecule has 2 unspecified atom stereocenters. The third-order valence-corrected chi connectivity index (χ3v) is 4.54. The zero-order valence-electron chi connectivity index (χ0n) is 13.6. The first kappa shape index (κ1) is 16.5. The second-order valence-corrected chi connectivity index (χ2v) is 6.13. The Hall–Kier alpha value is -2.34. The fraction of sp³-hybridized carbons (Fsp3) is 0.444. The molecule has 1 aromatic carbocycles. The first-order chi connectivity index (χ1) is 11.5. The molecule has 128 valence electrons. The molecule has 2 atom stereocenters. The Bertz CT molecular complexity index is 690. The van der Waals surface area contributed by atoms with E-state index < -0.39 is 17.7 Å². The predicted octanol–water partition coefficient (Wildman–Crippen LogP) is 2.25. The lowest BCUT2D eigenvalue weighted by Gasteiger charge is -2.28. The van der Waals surface area contributed by atoms with Crippen LogP contribution < -0.4 is 0 Å². The highest BCUT2D eigenvalue weighted by atomic mass is 16.5. The third kappa shape index (κ3) is 2.89. The maximum Gasteiger partial charge on any atom is 0.290 e. The number of Topliss-reactive ketones (excluding diaryl/α,β-unsaturated/α-hetero) is 1. The average Bonchev–Trinajstić information content (AvgIpc) is 3.16. The van der Waals surface area contributed by atoms with Gasteiger partial charge in [0.25, 0.3) is 5.91 Å². The minimum atomic E-state index is -0.693. The van der Waals surface area contributed by atoms with Crippen LogP contribution in [0.3, 0.4) is 0 Å². The van der Waals surface area contributed by atoms with Gasteiger partial charge in [-0.1, -0.05) is 19.1 Å². The van der Waals surface area contributed by atoms with Crippen molar-refractivity contribution in [1.29, 1.82) is 0 Å². The Kier molecular flexibility index (Phi) is 4.57. The van der Waals surface area contributed by atoms with Crippen LogP contribution in [0.4, 0.5) is 0 Å². The lowest BCUT2D eigenvalue weighted by molar-refractivity contribution is -0.131. The van der Waals surface area contributed by atoms with Crippen molar-refractivity contribution in [2.75, 3.05) is 13.2 Å². The molecule has 2 N–H and O–H groups in total. The minimum absolute atomic E-state index is 0.0479. The van der Waals surface area contributed by atoms with Gasteiger partial charge in [0.05, 0.1) is 17.7 Å². The van der Waals surface area contributed by atoms with Crippen LogP contribution in [0.5, 0.6) is 5.75 Å². The van der Waals surface area contributed by atoms with Gasteiger partial charge in [-0.25, -0.2) is 0 Å². The summed E-state index contributed by atoms with van der Waals surface area (Å²) in [7, 11) is 0. The van der Waals surface area contributed by atoms with Gasteiger partial charge < -0.3 is 19.8 Å². The van der Waals surface area contributed by atoms with Gasteiger partial charge in [0.2, 0.25) is 0 Å². The Morgan fingerprint density at radius 3 is 2.79 bits per heavy atom. The molecule has 0 spiro atoms. The number of aromatic hydroxyl groups is 1. The van der Waals surface area contributed by atoms with E-state index in [0.717, 1.165) is 12.8 Å². The number of amides is 1. The number of carbonyl (C=O) groups excluding carboxylic acids is 2. The molecule has 1 amide bonds. The van der Waals surface area contributed by atoms with Gasteiger partial charge >= 0.3 is 0 Å². The molecule has 24 heavy (non-hydrogen) atoms. The molecule has 1 fully saturated rings. The molecule has 0 aliphatic carbocycles. The number of rotatable bonds is 5. The monoisotopic (exact) mass is 331 g/mol. The summed E-state index contributed by atoms with van der Waals surface area (Å²) < 4.78 is 5.60. The maximum atomic E-state index is 12.5. The number of carbonyl (C=O) groups is 2. The third-order valence-electron chi connectivity index (χ3n) is 4.54. The van der Waals surface area contributed by atoms with E-state index in [1.54, 1.807) is 19.1 Å². The molecule has 6 heteroatoms. The second kappa shape index (κ2) is 6.65. The average molecular weight is 331 g/mol. The molecule has 0 bridgehead atoms. The summed E-state index contributed by atoms with van der Waals surface area (Å²) in [6.45, 7) is 2.66. The van der Waals surface area contributed by atoms with E-state index in [2.05, 4.69) is 0 Å². The minimum Gasteiger partial charge on any atom is -0.508 e. The summed E-state index contributed by atoms with van der Waals surface area (Å²) in [5.41, 5.74) is 0.702. The van der Waals surface area contributed by atoms with E-state index in [1.807, 2.05) is 0 Å². The van der Waals surface area contributed by atoms with Gasteiger partial charge in [0.1, 0.15) is 5.75 Å². The number of hydrogen-bond acceptors (Lipinski definition) is 5. The first-order valence-corrected chi connectivity index (χ1v) is 8.20. The van der Waals surface area contributed by atoms with Crippen LogP contribution in [0.15, 0.2) is 35.6 Å². The quantitative estimate of drug-likeness (QED) is 0.864. The fourth-order valence-electron chi connectivity index (χ4n) is 3.37. The number of aliphatic hydroxyl groups is 1. The molecular weight excluding hydrogens is 310 g/mol. The summed E-state index contributed by atoms with van der Waals surface area (Å²) in [5.74, 6) is -1.28. The van der Waals surface area contributed by atoms with Crippen molar-refractivity contribution >= 4 is 11.7 Å². The summed E-state index contributed by atoms with van der Waals surface area (Å²) in [4.78, 5) is 26.3. The molecule has 1 aromatic rings. The van der Waals surface area contributed by atoms with Crippen molar-refractivity contribution in [3.63, 3.8) is 0 Å². The molecule has 6 nitrogen and oxygen atoms in total.